The standard InChI is InChI=1S/C33H36N2O7/c1-19-24-14-28(41-31(39)21-9-7-20(16-34)8-10-21)33(3)30(32(24,2)12-11-25(19)37)29(38)23(18-36)27(42-33)15-26(40-4)22-6-5-13-35-17-22/h5-10,13,15,17-19,24-25,28-30,37-38H,11-12,14H2,1-4H3/b26-15-. The van der Waals surface area contributed by atoms with E-state index in [0.29, 0.717) is 42.4 Å². The molecule has 0 bridgehead atoms. The summed E-state index contributed by atoms with van der Waals surface area (Å²) >= 11 is 0. The molecule has 0 amide bonds. The number of fused-ring (bicyclic) bond motifs is 3. The number of carbonyl (C=O) groups is 2. The van der Waals surface area contributed by atoms with Gasteiger partial charge in [-0.3, -0.25) is 9.78 Å². The van der Waals surface area contributed by atoms with Gasteiger partial charge in [0.05, 0.1) is 42.1 Å². The number of allylic oxidation sites excluding steroid dienone is 1. The summed E-state index contributed by atoms with van der Waals surface area (Å²) < 4.78 is 18.5. The molecule has 2 saturated carbocycles. The smallest absolute Gasteiger partial charge is 0.338 e. The number of nitrogens with zero attached hydrogens (tertiary/aromatic N) is 2. The summed E-state index contributed by atoms with van der Waals surface area (Å²) in [6, 6.07) is 11.8. The lowest BCUT2D eigenvalue weighted by molar-refractivity contribution is -0.250. The van der Waals surface area contributed by atoms with Crippen LogP contribution >= 0.6 is 0 Å². The van der Waals surface area contributed by atoms with E-state index in [1.54, 1.807) is 42.7 Å². The third-order valence-electron chi connectivity index (χ3n) is 9.81. The zero-order valence-electron chi connectivity index (χ0n) is 24.2. The molecule has 220 valence electrons. The number of nitriles is 1. The number of hydrogen-bond donors (Lipinski definition) is 2. The van der Waals surface area contributed by atoms with E-state index in [9.17, 15) is 19.8 Å². The van der Waals surface area contributed by atoms with Gasteiger partial charge in [0.1, 0.15) is 23.2 Å². The highest BCUT2D eigenvalue weighted by Crippen LogP contribution is 2.63. The molecule has 42 heavy (non-hydrogen) atoms. The van der Waals surface area contributed by atoms with Gasteiger partial charge in [0, 0.05) is 30.0 Å². The van der Waals surface area contributed by atoms with Crippen molar-refractivity contribution in [1.29, 1.82) is 5.26 Å². The maximum absolute atomic E-state index is 13.4. The van der Waals surface area contributed by atoms with Crippen molar-refractivity contribution in [3.8, 4) is 6.07 Å². The maximum Gasteiger partial charge on any atom is 0.338 e. The van der Waals surface area contributed by atoms with E-state index in [4.69, 9.17) is 19.5 Å². The Balaban J connectivity index is 1.61. The lowest BCUT2D eigenvalue weighted by Gasteiger charge is -2.64. The van der Waals surface area contributed by atoms with Gasteiger partial charge in [-0.1, -0.05) is 13.8 Å². The molecule has 2 aliphatic carbocycles. The SMILES string of the molecule is CO/C(=C\C1=C(C=O)C(O)C2C3(C)CCC(O)C(C)C3CC(OC(=O)c3ccc(C#N)cc3)C2(C)O1)c1cccnc1. The largest absolute Gasteiger partial charge is 0.496 e. The lowest BCUT2D eigenvalue weighted by Crippen LogP contribution is -2.69. The number of aromatic nitrogens is 1. The predicted molar refractivity (Wildman–Crippen MR) is 152 cm³/mol. The molecule has 9 heteroatoms. The van der Waals surface area contributed by atoms with Crippen LogP contribution < -0.4 is 0 Å². The van der Waals surface area contributed by atoms with Crippen molar-refractivity contribution >= 4 is 18.0 Å². The Bertz CT molecular complexity index is 1450. The van der Waals surface area contributed by atoms with E-state index in [-0.39, 0.29) is 28.7 Å². The monoisotopic (exact) mass is 572 g/mol. The van der Waals surface area contributed by atoms with Crippen LogP contribution in [0.4, 0.5) is 0 Å². The maximum atomic E-state index is 13.4. The van der Waals surface area contributed by atoms with Crippen molar-refractivity contribution < 1.29 is 34.0 Å². The number of aliphatic hydroxyl groups excluding tert-OH is 2. The van der Waals surface area contributed by atoms with Gasteiger partial charge in [-0.25, -0.2) is 4.79 Å². The van der Waals surface area contributed by atoms with E-state index in [0.717, 1.165) is 0 Å². The van der Waals surface area contributed by atoms with Crippen molar-refractivity contribution in [3.05, 3.63) is 82.9 Å². The summed E-state index contributed by atoms with van der Waals surface area (Å²) in [5.74, 6) is -0.961. The third kappa shape index (κ3) is 4.89. The zero-order chi connectivity index (χ0) is 30.2. The second-order valence-electron chi connectivity index (χ2n) is 12.0. The summed E-state index contributed by atoms with van der Waals surface area (Å²) in [6.45, 7) is 5.88. The van der Waals surface area contributed by atoms with E-state index in [1.165, 1.54) is 19.2 Å². The molecular formula is C33H36N2O7. The topological polar surface area (TPSA) is 139 Å². The molecular weight excluding hydrogens is 536 g/mol. The van der Waals surface area contributed by atoms with E-state index >= 15 is 0 Å². The van der Waals surface area contributed by atoms with Gasteiger partial charge in [0.2, 0.25) is 0 Å². The van der Waals surface area contributed by atoms with E-state index in [1.807, 2.05) is 19.9 Å². The van der Waals surface area contributed by atoms with Crippen LogP contribution in [-0.2, 0) is 19.0 Å². The first-order valence-corrected chi connectivity index (χ1v) is 14.2. The summed E-state index contributed by atoms with van der Waals surface area (Å²) in [6.07, 6.45) is 4.37. The van der Waals surface area contributed by atoms with Gasteiger partial charge in [0.15, 0.2) is 6.29 Å². The van der Waals surface area contributed by atoms with E-state index in [2.05, 4.69) is 11.9 Å². The number of aliphatic hydroxyl groups is 2. The fourth-order valence-electron chi connectivity index (χ4n) is 7.56. The molecule has 8 unspecified atom stereocenters. The molecule has 0 radical (unpaired) electrons. The van der Waals surface area contributed by atoms with Crippen LogP contribution in [0.1, 0.15) is 61.5 Å². The minimum Gasteiger partial charge on any atom is -0.496 e. The molecule has 2 heterocycles. The molecule has 3 aliphatic rings. The quantitative estimate of drug-likeness (QED) is 0.296. The van der Waals surface area contributed by atoms with E-state index < -0.39 is 41.2 Å². The molecule has 1 aliphatic heterocycles. The Kier molecular flexibility index (Phi) is 7.97. The summed E-state index contributed by atoms with van der Waals surface area (Å²) in [4.78, 5) is 30.1. The second-order valence-corrected chi connectivity index (χ2v) is 12.0. The highest BCUT2D eigenvalue weighted by atomic mass is 16.6. The molecule has 0 saturated heterocycles. The first kappa shape index (κ1) is 29.5. The number of benzene rings is 1. The number of esters is 1. The minimum absolute atomic E-state index is 0.0775. The van der Waals surface area contributed by atoms with Gasteiger partial charge in [-0.15, -0.1) is 0 Å². The summed E-state index contributed by atoms with van der Waals surface area (Å²) in [5.41, 5.74) is -0.340. The van der Waals surface area contributed by atoms with Crippen molar-refractivity contribution in [2.24, 2.45) is 23.2 Å². The normalized spacial score (nSPS) is 34.3. The molecule has 5 rings (SSSR count). The van der Waals surface area contributed by atoms with Crippen molar-refractivity contribution in [2.45, 2.75) is 63.9 Å². The molecule has 2 N–H and O–H groups in total. The number of carbonyl (C=O) groups excluding carboxylic acids is 2. The van der Waals surface area contributed by atoms with Crippen LogP contribution in [0, 0.1) is 34.5 Å². The molecule has 2 aromatic rings. The number of hydrogen-bond acceptors (Lipinski definition) is 9. The molecule has 0 spiro atoms. The highest BCUT2D eigenvalue weighted by molar-refractivity contribution is 5.89. The molecule has 8 atom stereocenters. The zero-order valence-corrected chi connectivity index (χ0v) is 24.2. The Labute approximate surface area is 245 Å². The van der Waals surface area contributed by atoms with Gasteiger partial charge in [0.25, 0.3) is 0 Å². The highest BCUT2D eigenvalue weighted by Gasteiger charge is 2.67. The Morgan fingerprint density at radius 3 is 2.55 bits per heavy atom. The number of methoxy groups -OCH3 is 1. The molecule has 2 fully saturated rings. The predicted octanol–water partition coefficient (Wildman–Crippen LogP) is 4.20. The summed E-state index contributed by atoms with van der Waals surface area (Å²) in [5, 5.41) is 31.9. The van der Waals surface area contributed by atoms with Crippen LogP contribution in [0.3, 0.4) is 0 Å². The lowest BCUT2D eigenvalue weighted by atomic mass is 9.46. The van der Waals surface area contributed by atoms with Crippen LogP contribution in [0.5, 0.6) is 0 Å². The van der Waals surface area contributed by atoms with Crippen LogP contribution in [-0.4, -0.2) is 58.5 Å². The van der Waals surface area contributed by atoms with Gasteiger partial charge in [-0.05, 0) is 79.8 Å². The molecule has 9 nitrogen and oxygen atoms in total. The fourth-order valence-corrected chi connectivity index (χ4v) is 7.56. The molecule has 1 aromatic carbocycles. The van der Waals surface area contributed by atoms with Crippen molar-refractivity contribution in [1.82, 2.24) is 4.98 Å². The average Bonchev–Trinajstić information content (AvgIpc) is 2.99. The Hall–Kier alpha value is -4.00. The van der Waals surface area contributed by atoms with Crippen molar-refractivity contribution in [2.75, 3.05) is 7.11 Å². The second kappa shape index (κ2) is 11.3. The first-order valence-electron chi connectivity index (χ1n) is 14.2. The number of aldehydes is 1. The van der Waals surface area contributed by atoms with Gasteiger partial charge in [-0.2, -0.15) is 5.26 Å². The van der Waals surface area contributed by atoms with Gasteiger partial charge < -0.3 is 24.4 Å². The van der Waals surface area contributed by atoms with Crippen LogP contribution in [0.25, 0.3) is 5.76 Å². The fraction of sp³-hybridized carbons (Fsp3) is 0.455. The third-order valence-corrected chi connectivity index (χ3v) is 9.81. The first-order chi connectivity index (χ1) is 20.1. The Morgan fingerprint density at radius 2 is 1.93 bits per heavy atom. The summed E-state index contributed by atoms with van der Waals surface area (Å²) in [7, 11) is 1.49. The van der Waals surface area contributed by atoms with Gasteiger partial charge >= 0.3 is 5.97 Å². The van der Waals surface area contributed by atoms with Crippen LogP contribution in [0.2, 0.25) is 0 Å². The Morgan fingerprint density at radius 1 is 1.19 bits per heavy atom. The number of ether oxygens (including phenoxy) is 3. The van der Waals surface area contributed by atoms with Crippen molar-refractivity contribution in [3.63, 3.8) is 0 Å². The minimum atomic E-state index is -1.24. The average molecular weight is 573 g/mol. The molecule has 1 aromatic heterocycles. The van der Waals surface area contributed by atoms with Crippen LogP contribution in [0.15, 0.2) is 66.2 Å². The number of rotatable bonds is 6. The number of pyridine rings is 1.